The Bertz CT molecular complexity index is 526. The lowest BCUT2D eigenvalue weighted by Gasteiger charge is -2.36. The fourth-order valence-corrected chi connectivity index (χ4v) is 3.15. The summed E-state index contributed by atoms with van der Waals surface area (Å²) in [6, 6.07) is 7.50. The first-order chi connectivity index (χ1) is 9.79. The Labute approximate surface area is 130 Å². The van der Waals surface area contributed by atoms with E-state index in [9.17, 15) is 13.2 Å². The van der Waals surface area contributed by atoms with Crippen molar-refractivity contribution >= 4 is 15.9 Å². The number of hydrogen-bond donors (Lipinski definition) is 1. The quantitative estimate of drug-likeness (QED) is 0.822. The van der Waals surface area contributed by atoms with Crippen molar-refractivity contribution in [1.82, 2.24) is 4.90 Å². The molecular weight excluding hydrogens is 345 g/mol. The number of hydrogen-bond acceptors (Lipinski definition) is 2. The number of nitrogens with two attached hydrogens (primary N) is 1. The van der Waals surface area contributed by atoms with Crippen molar-refractivity contribution in [2.45, 2.75) is 31.6 Å². The summed E-state index contributed by atoms with van der Waals surface area (Å²) in [6.07, 6.45) is -2.93. The second-order valence-electron chi connectivity index (χ2n) is 5.33. The SMILES string of the molecule is CC(N)C(c1cccc(Br)c1)N1CC=C(C(F)(F)F)CC1. The van der Waals surface area contributed by atoms with Crippen molar-refractivity contribution in [3.63, 3.8) is 0 Å². The van der Waals surface area contributed by atoms with Gasteiger partial charge in [-0.25, -0.2) is 0 Å². The van der Waals surface area contributed by atoms with E-state index in [0.717, 1.165) is 10.0 Å². The van der Waals surface area contributed by atoms with Crippen LogP contribution in [0.15, 0.2) is 40.4 Å². The summed E-state index contributed by atoms with van der Waals surface area (Å²) in [4.78, 5) is 2.00. The highest BCUT2D eigenvalue weighted by Crippen LogP contribution is 2.33. The largest absolute Gasteiger partial charge is 0.412 e. The Balaban J connectivity index is 2.20. The predicted octanol–water partition coefficient (Wildman–Crippen LogP) is 4.03. The molecule has 1 aromatic rings. The summed E-state index contributed by atoms with van der Waals surface area (Å²) in [5.74, 6) is 0. The van der Waals surface area contributed by atoms with Crippen LogP contribution in [0.4, 0.5) is 13.2 Å². The Morgan fingerprint density at radius 2 is 2.05 bits per heavy atom. The zero-order valence-corrected chi connectivity index (χ0v) is 13.3. The molecule has 1 aliphatic rings. The number of nitrogens with zero attached hydrogens (tertiary/aromatic N) is 1. The molecule has 0 amide bonds. The highest BCUT2D eigenvalue weighted by molar-refractivity contribution is 9.10. The van der Waals surface area contributed by atoms with Gasteiger partial charge < -0.3 is 5.73 Å². The van der Waals surface area contributed by atoms with E-state index in [4.69, 9.17) is 5.73 Å². The van der Waals surface area contributed by atoms with Crippen molar-refractivity contribution in [2.24, 2.45) is 5.73 Å². The van der Waals surface area contributed by atoms with Crippen molar-refractivity contribution in [1.29, 1.82) is 0 Å². The second kappa shape index (κ2) is 6.50. The third kappa shape index (κ3) is 4.08. The van der Waals surface area contributed by atoms with Gasteiger partial charge in [0, 0.05) is 35.2 Å². The fourth-order valence-electron chi connectivity index (χ4n) is 2.73. The molecule has 0 radical (unpaired) electrons. The predicted molar refractivity (Wildman–Crippen MR) is 80.9 cm³/mol. The Hall–Kier alpha value is -0.850. The van der Waals surface area contributed by atoms with Gasteiger partial charge in [-0.1, -0.05) is 34.1 Å². The smallest absolute Gasteiger partial charge is 0.326 e. The van der Waals surface area contributed by atoms with Crippen molar-refractivity contribution in [3.05, 3.63) is 46.0 Å². The van der Waals surface area contributed by atoms with E-state index in [1.54, 1.807) is 0 Å². The summed E-state index contributed by atoms with van der Waals surface area (Å²) >= 11 is 3.42. The molecule has 1 aliphatic heterocycles. The molecule has 1 heterocycles. The van der Waals surface area contributed by atoms with E-state index in [-0.39, 0.29) is 25.0 Å². The Kier molecular flexibility index (Phi) is 5.11. The molecule has 2 rings (SSSR count). The van der Waals surface area contributed by atoms with Crippen LogP contribution in [0.25, 0.3) is 0 Å². The molecule has 0 saturated carbocycles. The summed E-state index contributed by atoms with van der Waals surface area (Å²) < 4.78 is 39.0. The first-order valence-electron chi connectivity index (χ1n) is 6.80. The molecular formula is C15H18BrF3N2. The van der Waals surface area contributed by atoms with E-state index >= 15 is 0 Å². The van der Waals surface area contributed by atoms with Gasteiger partial charge in [0.15, 0.2) is 0 Å². The zero-order chi connectivity index (χ0) is 15.6. The molecule has 0 bridgehead atoms. The third-order valence-electron chi connectivity index (χ3n) is 3.69. The second-order valence-corrected chi connectivity index (χ2v) is 6.25. The molecule has 2 atom stereocenters. The molecule has 116 valence electrons. The maximum atomic E-state index is 12.7. The van der Waals surface area contributed by atoms with Crippen LogP contribution in [0.2, 0.25) is 0 Å². The standard InChI is InChI=1S/C15H18BrF3N2/c1-10(20)14(11-3-2-4-13(16)9-11)21-7-5-12(6-8-21)15(17,18)19/h2-5,9-10,14H,6-8,20H2,1H3. The monoisotopic (exact) mass is 362 g/mol. The van der Waals surface area contributed by atoms with Gasteiger partial charge >= 0.3 is 6.18 Å². The molecule has 2 unspecified atom stereocenters. The van der Waals surface area contributed by atoms with E-state index in [0.29, 0.717) is 6.54 Å². The minimum atomic E-state index is -4.22. The summed E-state index contributed by atoms with van der Waals surface area (Å²) in [7, 11) is 0. The van der Waals surface area contributed by atoms with Crippen LogP contribution in [-0.2, 0) is 0 Å². The van der Waals surface area contributed by atoms with Crippen LogP contribution in [-0.4, -0.2) is 30.2 Å². The molecule has 0 fully saturated rings. The highest BCUT2D eigenvalue weighted by atomic mass is 79.9. The van der Waals surface area contributed by atoms with Crippen molar-refractivity contribution < 1.29 is 13.2 Å². The summed E-state index contributed by atoms with van der Waals surface area (Å²) in [5, 5.41) is 0. The third-order valence-corrected chi connectivity index (χ3v) is 4.18. The van der Waals surface area contributed by atoms with Crippen LogP contribution in [0.3, 0.4) is 0 Å². The fraction of sp³-hybridized carbons (Fsp3) is 0.467. The average molecular weight is 363 g/mol. The number of benzene rings is 1. The lowest BCUT2D eigenvalue weighted by molar-refractivity contribution is -0.0965. The van der Waals surface area contributed by atoms with E-state index in [2.05, 4.69) is 15.9 Å². The van der Waals surface area contributed by atoms with Crippen molar-refractivity contribution in [2.75, 3.05) is 13.1 Å². The first kappa shape index (κ1) is 16.5. The van der Waals surface area contributed by atoms with Gasteiger partial charge in [-0.2, -0.15) is 13.2 Å². The van der Waals surface area contributed by atoms with Crippen LogP contribution in [0.5, 0.6) is 0 Å². The molecule has 0 spiro atoms. The average Bonchev–Trinajstić information content (AvgIpc) is 2.38. The summed E-state index contributed by atoms with van der Waals surface area (Å²) in [5.41, 5.74) is 6.65. The summed E-state index contributed by atoms with van der Waals surface area (Å²) in [6.45, 7) is 2.52. The van der Waals surface area contributed by atoms with Gasteiger partial charge in [-0.3, -0.25) is 4.90 Å². The Morgan fingerprint density at radius 3 is 2.52 bits per heavy atom. The van der Waals surface area contributed by atoms with Crippen molar-refractivity contribution in [3.8, 4) is 0 Å². The highest BCUT2D eigenvalue weighted by Gasteiger charge is 2.36. The zero-order valence-electron chi connectivity index (χ0n) is 11.7. The lowest BCUT2D eigenvalue weighted by atomic mass is 9.96. The normalized spacial score (nSPS) is 20.0. The molecule has 0 saturated heterocycles. The lowest BCUT2D eigenvalue weighted by Crippen LogP contribution is -2.42. The Morgan fingerprint density at radius 1 is 1.33 bits per heavy atom. The van der Waals surface area contributed by atoms with E-state index in [1.165, 1.54) is 6.08 Å². The molecule has 0 aliphatic carbocycles. The number of rotatable bonds is 3. The molecule has 0 aromatic heterocycles. The molecule has 2 N–H and O–H groups in total. The minimum Gasteiger partial charge on any atom is -0.326 e. The molecule has 6 heteroatoms. The molecule has 21 heavy (non-hydrogen) atoms. The van der Waals surface area contributed by atoms with E-state index in [1.807, 2.05) is 36.1 Å². The van der Waals surface area contributed by atoms with E-state index < -0.39 is 11.7 Å². The van der Waals surface area contributed by atoms with Gasteiger partial charge in [0.05, 0.1) is 0 Å². The molecule has 2 nitrogen and oxygen atoms in total. The van der Waals surface area contributed by atoms with Crippen LogP contribution in [0, 0.1) is 0 Å². The van der Waals surface area contributed by atoms with Gasteiger partial charge in [-0.05, 0) is 31.0 Å². The maximum Gasteiger partial charge on any atom is 0.412 e. The van der Waals surface area contributed by atoms with Gasteiger partial charge in [-0.15, -0.1) is 0 Å². The molecule has 1 aromatic carbocycles. The van der Waals surface area contributed by atoms with Gasteiger partial charge in [0.1, 0.15) is 0 Å². The van der Waals surface area contributed by atoms with Gasteiger partial charge in [0.2, 0.25) is 0 Å². The first-order valence-corrected chi connectivity index (χ1v) is 7.59. The maximum absolute atomic E-state index is 12.7. The number of halogens is 4. The topological polar surface area (TPSA) is 29.3 Å². The van der Waals surface area contributed by atoms with Crippen LogP contribution < -0.4 is 5.73 Å². The number of alkyl halides is 3. The minimum absolute atomic E-state index is 0.0146. The van der Waals surface area contributed by atoms with Crippen LogP contribution >= 0.6 is 15.9 Å². The van der Waals surface area contributed by atoms with Crippen LogP contribution in [0.1, 0.15) is 24.9 Å². The van der Waals surface area contributed by atoms with Gasteiger partial charge in [0.25, 0.3) is 0 Å².